The Bertz CT molecular complexity index is 453. The summed E-state index contributed by atoms with van der Waals surface area (Å²) >= 11 is 7.51. The van der Waals surface area contributed by atoms with Gasteiger partial charge in [-0.2, -0.15) is 0 Å². The van der Waals surface area contributed by atoms with Crippen molar-refractivity contribution in [1.82, 2.24) is 4.90 Å². The van der Waals surface area contributed by atoms with E-state index in [0.29, 0.717) is 0 Å². The molecule has 0 bridgehead atoms. The maximum atomic E-state index is 12.2. The third-order valence-electron chi connectivity index (χ3n) is 3.03. The predicted molar refractivity (Wildman–Crippen MR) is 78.6 cm³/mol. The zero-order valence-electron chi connectivity index (χ0n) is 11.6. The summed E-state index contributed by atoms with van der Waals surface area (Å²) in [5.74, 6) is -0.104. The Hall–Kier alpha value is -0.580. The second-order valence-electron chi connectivity index (χ2n) is 5.87. The Balaban J connectivity index is 1.98. The van der Waals surface area contributed by atoms with Crippen molar-refractivity contribution in [2.75, 3.05) is 6.54 Å². The Morgan fingerprint density at radius 2 is 2.26 bits per heavy atom. The van der Waals surface area contributed by atoms with Gasteiger partial charge in [0.1, 0.15) is 11.6 Å². The number of thiophene rings is 1. The van der Waals surface area contributed by atoms with Gasteiger partial charge in [0.2, 0.25) is 0 Å². The zero-order valence-corrected chi connectivity index (χ0v) is 13.2. The van der Waals surface area contributed by atoms with Crippen molar-refractivity contribution in [3.8, 4) is 0 Å². The van der Waals surface area contributed by atoms with Crippen LogP contribution in [-0.2, 0) is 16.1 Å². The SMILES string of the molecule is CC(C)(C)OC(=O)[C@H]1CCCN1Cc1ccc(Cl)s1. The molecule has 106 valence electrons. The summed E-state index contributed by atoms with van der Waals surface area (Å²) < 4.78 is 6.29. The van der Waals surface area contributed by atoms with E-state index in [1.807, 2.05) is 32.9 Å². The molecule has 19 heavy (non-hydrogen) atoms. The fourth-order valence-corrected chi connectivity index (χ4v) is 3.40. The van der Waals surface area contributed by atoms with E-state index in [1.165, 1.54) is 4.88 Å². The molecule has 3 nitrogen and oxygen atoms in total. The minimum absolute atomic E-state index is 0.104. The van der Waals surface area contributed by atoms with E-state index in [0.717, 1.165) is 30.3 Å². The standard InChI is InChI=1S/C14H20ClNO2S/c1-14(2,3)18-13(17)11-5-4-8-16(11)9-10-6-7-12(15)19-10/h6-7,11H,4-5,8-9H2,1-3H3/t11-/m1/s1. The second-order valence-corrected chi connectivity index (χ2v) is 7.67. The molecule has 0 amide bonds. The number of rotatable bonds is 3. The summed E-state index contributed by atoms with van der Waals surface area (Å²) in [5, 5.41) is 0. The molecule has 1 fully saturated rings. The Kier molecular flexibility index (Phi) is 4.54. The topological polar surface area (TPSA) is 29.5 Å². The van der Waals surface area contributed by atoms with Crippen LogP contribution < -0.4 is 0 Å². The van der Waals surface area contributed by atoms with Gasteiger partial charge in [-0.05, 0) is 52.3 Å². The summed E-state index contributed by atoms with van der Waals surface area (Å²) in [4.78, 5) is 15.6. The lowest BCUT2D eigenvalue weighted by Gasteiger charge is -2.27. The highest BCUT2D eigenvalue weighted by Crippen LogP contribution is 2.27. The van der Waals surface area contributed by atoms with E-state index in [9.17, 15) is 4.79 Å². The number of carbonyl (C=O) groups excluding carboxylic acids is 1. The molecule has 1 aromatic heterocycles. The first kappa shape index (κ1) is 14.8. The highest BCUT2D eigenvalue weighted by molar-refractivity contribution is 7.16. The Morgan fingerprint density at radius 1 is 1.53 bits per heavy atom. The number of carbonyl (C=O) groups is 1. The molecule has 1 aliphatic rings. The quantitative estimate of drug-likeness (QED) is 0.797. The Labute approximate surface area is 123 Å². The van der Waals surface area contributed by atoms with E-state index in [2.05, 4.69) is 4.90 Å². The number of ether oxygens (including phenoxy) is 1. The molecule has 2 rings (SSSR count). The van der Waals surface area contributed by atoms with Gasteiger partial charge in [-0.3, -0.25) is 9.69 Å². The lowest BCUT2D eigenvalue weighted by molar-refractivity contribution is -0.160. The van der Waals surface area contributed by atoms with Gasteiger partial charge in [0.25, 0.3) is 0 Å². The predicted octanol–water partition coefficient (Wildman–Crippen LogP) is 3.71. The van der Waals surface area contributed by atoms with Crippen LogP contribution in [0.5, 0.6) is 0 Å². The van der Waals surface area contributed by atoms with Crippen molar-refractivity contribution in [1.29, 1.82) is 0 Å². The van der Waals surface area contributed by atoms with Crippen LogP contribution in [0.2, 0.25) is 4.34 Å². The van der Waals surface area contributed by atoms with E-state index >= 15 is 0 Å². The molecule has 2 heterocycles. The number of hydrogen-bond donors (Lipinski definition) is 0. The smallest absolute Gasteiger partial charge is 0.323 e. The number of halogens is 1. The zero-order chi connectivity index (χ0) is 14.0. The lowest BCUT2D eigenvalue weighted by Crippen LogP contribution is -2.39. The van der Waals surface area contributed by atoms with E-state index in [1.54, 1.807) is 11.3 Å². The van der Waals surface area contributed by atoms with Crippen molar-refractivity contribution in [2.24, 2.45) is 0 Å². The van der Waals surface area contributed by atoms with Crippen LogP contribution in [0.25, 0.3) is 0 Å². The van der Waals surface area contributed by atoms with Gasteiger partial charge in [0.15, 0.2) is 0 Å². The molecule has 0 aliphatic carbocycles. The molecule has 1 saturated heterocycles. The monoisotopic (exact) mass is 301 g/mol. The minimum Gasteiger partial charge on any atom is -0.459 e. The lowest BCUT2D eigenvalue weighted by atomic mass is 10.1. The molecule has 0 unspecified atom stereocenters. The highest BCUT2D eigenvalue weighted by Gasteiger charge is 2.34. The van der Waals surface area contributed by atoms with Crippen molar-refractivity contribution >= 4 is 28.9 Å². The van der Waals surface area contributed by atoms with Gasteiger partial charge in [0.05, 0.1) is 4.34 Å². The van der Waals surface area contributed by atoms with Crippen LogP contribution in [0.15, 0.2) is 12.1 Å². The molecule has 0 saturated carbocycles. The maximum absolute atomic E-state index is 12.2. The van der Waals surface area contributed by atoms with Crippen LogP contribution in [-0.4, -0.2) is 29.1 Å². The molecule has 1 atom stereocenters. The van der Waals surface area contributed by atoms with Crippen LogP contribution >= 0.6 is 22.9 Å². The summed E-state index contributed by atoms with van der Waals surface area (Å²) in [6.45, 7) is 7.44. The van der Waals surface area contributed by atoms with Gasteiger partial charge in [0, 0.05) is 11.4 Å². The molecule has 0 aromatic carbocycles. The number of likely N-dealkylation sites (tertiary alicyclic amines) is 1. The largest absolute Gasteiger partial charge is 0.459 e. The molecule has 0 N–H and O–H groups in total. The Morgan fingerprint density at radius 3 is 2.84 bits per heavy atom. The van der Waals surface area contributed by atoms with Gasteiger partial charge in [-0.25, -0.2) is 0 Å². The van der Waals surface area contributed by atoms with Crippen LogP contribution in [0.1, 0.15) is 38.5 Å². The van der Waals surface area contributed by atoms with Crippen LogP contribution in [0.3, 0.4) is 0 Å². The molecule has 5 heteroatoms. The fourth-order valence-electron chi connectivity index (χ4n) is 2.29. The van der Waals surface area contributed by atoms with Gasteiger partial charge >= 0.3 is 5.97 Å². The number of esters is 1. The average molecular weight is 302 g/mol. The van der Waals surface area contributed by atoms with E-state index in [-0.39, 0.29) is 12.0 Å². The van der Waals surface area contributed by atoms with Gasteiger partial charge < -0.3 is 4.74 Å². The summed E-state index contributed by atoms with van der Waals surface area (Å²) in [5.41, 5.74) is -0.419. The van der Waals surface area contributed by atoms with Crippen molar-refractivity contribution < 1.29 is 9.53 Å². The third kappa shape index (κ3) is 4.20. The second kappa shape index (κ2) is 5.81. The van der Waals surface area contributed by atoms with E-state index < -0.39 is 5.60 Å². The van der Waals surface area contributed by atoms with Gasteiger partial charge in [-0.1, -0.05) is 11.6 Å². The van der Waals surface area contributed by atoms with Gasteiger partial charge in [-0.15, -0.1) is 11.3 Å². The third-order valence-corrected chi connectivity index (χ3v) is 4.25. The first-order valence-corrected chi connectivity index (χ1v) is 7.76. The fraction of sp³-hybridized carbons (Fsp3) is 0.643. The van der Waals surface area contributed by atoms with Crippen molar-refractivity contribution in [2.45, 2.75) is 51.8 Å². The highest BCUT2D eigenvalue weighted by atomic mass is 35.5. The van der Waals surface area contributed by atoms with Crippen LogP contribution in [0.4, 0.5) is 0 Å². The molecule has 1 aliphatic heterocycles. The van der Waals surface area contributed by atoms with Crippen molar-refractivity contribution in [3.05, 3.63) is 21.3 Å². The molecular weight excluding hydrogens is 282 g/mol. The summed E-state index contributed by atoms with van der Waals surface area (Å²) in [7, 11) is 0. The molecular formula is C14H20ClNO2S. The maximum Gasteiger partial charge on any atom is 0.323 e. The van der Waals surface area contributed by atoms with Crippen molar-refractivity contribution in [3.63, 3.8) is 0 Å². The minimum atomic E-state index is -0.419. The first-order valence-electron chi connectivity index (χ1n) is 6.56. The molecule has 0 spiro atoms. The molecule has 0 radical (unpaired) electrons. The van der Waals surface area contributed by atoms with E-state index in [4.69, 9.17) is 16.3 Å². The normalized spacial score (nSPS) is 20.7. The molecule has 1 aromatic rings. The number of hydrogen-bond acceptors (Lipinski definition) is 4. The average Bonchev–Trinajstić information content (AvgIpc) is 2.86. The summed E-state index contributed by atoms with van der Waals surface area (Å²) in [6, 6.07) is 3.82. The number of nitrogens with zero attached hydrogens (tertiary/aromatic N) is 1. The first-order chi connectivity index (χ1) is 8.85. The van der Waals surface area contributed by atoms with Crippen LogP contribution in [0, 0.1) is 0 Å². The summed E-state index contributed by atoms with van der Waals surface area (Å²) in [6.07, 6.45) is 1.93.